The van der Waals surface area contributed by atoms with E-state index in [0.717, 1.165) is 27.8 Å². The summed E-state index contributed by atoms with van der Waals surface area (Å²) in [5, 5.41) is 10.1. The minimum absolute atomic E-state index is 0.216. The van der Waals surface area contributed by atoms with Gasteiger partial charge in [-0.1, -0.05) is 18.2 Å². The van der Waals surface area contributed by atoms with Crippen molar-refractivity contribution >= 4 is 38.9 Å². The summed E-state index contributed by atoms with van der Waals surface area (Å²) in [6, 6.07) is 12.9. The van der Waals surface area contributed by atoms with Crippen molar-refractivity contribution in [1.82, 2.24) is 10.7 Å². The van der Waals surface area contributed by atoms with Gasteiger partial charge in [-0.05, 0) is 37.1 Å². The fraction of sp³-hybridized carbons (Fsp3) is 0.292. The summed E-state index contributed by atoms with van der Waals surface area (Å²) in [5.74, 6) is 0.123. The third-order valence-corrected chi connectivity index (χ3v) is 5.89. The Balaban J connectivity index is 1.65. The molecule has 0 spiro atoms. The number of hydrazone groups is 1. The van der Waals surface area contributed by atoms with Gasteiger partial charge in [0.2, 0.25) is 0 Å². The van der Waals surface area contributed by atoms with Gasteiger partial charge in [0, 0.05) is 40.3 Å². The van der Waals surface area contributed by atoms with Gasteiger partial charge in [-0.15, -0.1) is 11.3 Å². The van der Waals surface area contributed by atoms with E-state index in [4.69, 9.17) is 14.2 Å². The number of carbonyl (C=O) groups excluding carboxylic acids is 2. The topological polar surface area (TPSA) is 98.2 Å². The molecule has 2 amide bonds. The molecule has 0 fully saturated rings. The van der Waals surface area contributed by atoms with Crippen LogP contribution in [-0.4, -0.2) is 52.0 Å². The molecule has 2 N–H and O–H groups in total. The van der Waals surface area contributed by atoms with Gasteiger partial charge in [-0.2, -0.15) is 5.10 Å². The first-order chi connectivity index (χ1) is 16.1. The summed E-state index contributed by atoms with van der Waals surface area (Å²) in [6.45, 7) is 0.378. The van der Waals surface area contributed by atoms with Gasteiger partial charge >= 0.3 is 0 Å². The molecule has 0 radical (unpaired) electrons. The first-order valence-corrected chi connectivity index (χ1v) is 11.3. The molecular formula is C24H27N3O5S. The van der Waals surface area contributed by atoms with Crippen molar-refractivity contribution in [1.29, 1.82) is 0 Å². The lowest BCUT2D eigenvalue weighted by molar-refractivity contribution is -0.120. The zero-order chi connectivity index (χ0) is 23.6. The number of hydrogen-bond acceptors (Lipinski definition) is 7. The van der Waals surface area contributed by atoms with Crippen molar-refractivity contribution in [3.05, 3.63) is 59.0 Å². The monoisotopic (exact) mass is 469 g/mol. The summed E-state index contributed by atoms with van der Waals surface area (Å²) in [4.78, 5) is 24.8. The van der Waals surface area contributed by atoms with Gasteiger partial charge in [0.05, 0.1) is 26.5 Å². The zero-order valence-corrected chi connectivity index (χ0v) is 19.7. The van der Waals surface area contributed by atoms with Crippen molar-refractivity contribution in [3.63, 3.8) is 0 Å². The van der Waals surface area contributed by atoms with Crippen LogP contribution in [-0.2, 0) is 9.53 Å². The van der Waals surface area contributed by atoms with Crippen LogP contribution in [0, 0.1) is 0 Å². The Morgan fingerprint density at radius 3 is 2.58 bits per heavy atom. The Bertz CT molecular complexity index is 1140. The second-order valence-corrected chi connectivity index (χ2v) is 8.00. The van der Waals surface area contributed by atoms with Crippen molar-refractivity contribution in [2.75, 3.05) is 34.5 Å². The maximum Gasteiger partial charge on any atom is 0.259 e. The fourth-order valence-corrected chi connectivity index (χ4v) is 4.22. The molecule has 1 aromatic heterocycles. The molecule has 0 saturated heterocycles. The minimum Gasteiger partial charge on any atom is -0.493 e. The highest BCUT2D eigenvalue weighted by atomic mass is 32.1. The standard InChI is InChI=1S/C24H27N3O5S/c1-30-12-6-8-19(18-15-33-22-9-5-4-7-17(18)22)26-27-23(28)14-25-24(29)16-10-11-20(31-2)21(13-16)32-3/h4-5,7,9-11,13,15H,6,8,12,14H2,1-3H3,(H,25,29)(H,27,28)/b26-19+. The van der Waals surface area contributed by atoms with Crippen LogP contribution in [0.1, 0.15) is 28.8 Å². The summed E-state index contributed by atoms with van der Waals surface area (Å²) in [5.41, 5.74) is 4.67. The van der Waals surface area contributed by atoms with E-state index in [1.54, 1.807) is 36.6 Å². The van der Waals surface area contributed by atoms with E-state index in [1.165, 1.54) is 14.2 Å². The van der Waals surface area contributed by atoms with Crippen LogP contribution < -0.4 is 20.2 Å². The predicted molar refractivity (Wildman–Crippen MR) is 129 cm³/mol. The number of hydrogen-bond donors (Lipinski definition) is 2. The van der Waals surface area contributed by atoms with Crippen LogP contribution in [0.25, 0.3) is 10.1 Å². The number of carbonyl (C=O) groups is 2. The van der Waals surface area contributed by atoms with Gasteiger partial charge in [-0.3, -0.25) is 9.59 Å². The van der Waals surface area contributed by atoms with Gasteiger partial charge in [-0.25, -0.2) is 5.43 Å². The van der Waals surface area contributed by atoms with Crippen molar-refractivity contribution in [3.8, 4) is 11.5 Å². The molecule has 0 aliphatic carbocycles. The van der Waals surface area contributed by atoms with Crippen LogP contribution in [0.4, 0.5) is 0 Å². The molecule has 2 aromatic carbocycles. The third-order valence-electron chi connectivity index (χ3n) is 4.92. The number of rotatable bonds is 11. The van der Waals surface area contributed by atoms with Gasteiger partial charge in [0.1, 0.15) is 0 Å². The lowest BCUT2D eigenvalue weighted by Crippen LogP contribution is -2.35. The Labute approximate surface area is 196 Å². The molecule has 3 rings (SSSR count). The summed E-state index contributed by atoms with van der Waals surface area (Å²) < 4.78 is 16.7. The van der Waals surface area contributed by atoms with E-state index in [9.17, 15) is 9.59 Å². The minimum atomic E-state index is -0.424. The quantitative estimate of drug-likeness (QED) is 0.254. The fourth-order valence-electron chi connectivity index (χ4n) is 3.25. The smallest absolute Gasteiger partial charge is 0.259 e. The van der Waals surface area contributed by atoms with E-state index in [1.807, 2.05) is 23.6 Å². The van der Waals surface area contributed by atoms with Crippen LogP contribution >= 0.6 is 11.3 Å². The SMILES string of the molecule is COCCC/C(=N\NC(=O)CNC(=O)c1ccc(OC)c(OC)c1)c1csc2ccccc12. The molecule has 9 heteroatoms. The van der Waals surface area contributed by atoms with E-state index >= 15 is 0 Å². The van der Waals surface area contributed by atoms with Crippen molar-refractivity contribution < 1.29 is 23.8 Å². The number of nitrogens with zero attached hydrogens (tertiary/aromatic N) is 1. The largest absolute Gasteiger partial charge is 0.493 e. The molecule has 0 atom stereocenters. The number of fused-ring (bicyclic) bond motifs is 1. The van der Waals surface area contributed by atoms with Crippen LogP contribution in [0.15, 0.2) is 52.9 Å². The molecule has 1 heterocycles. The number of thiophene rings is 1. The molecule has 3 aromatic rings. The Morgan fingerprint density at radius 2 is 1.82 bits per heavy atom. The van der Waals surface area contributed by atoms with E-state index in [-0.39, 0.29) is 6.54 Å². The second kappa shape index (κ2) is 12.0. The highest BCUT2D eigenvalue weighted by Gasteiger charge is 2.14. The molecule has 174 valence electrons. The normalized spacial score (nSPS) is 11.3. The van der Waals surface area contributed by atoms with Crippen LogP contribution in [0.5, 0.6) is 11.5 Å². The molecule has 8 nitrogen and oxygen atoms in total. The van der Waals surface area contributed by atoms with Gasteiger partial charge in [0.15, 0.2) is 11.5 Å². The summed E-state index contributed by atoms with van der Waals surface area (Å²) in [7, 11) is 4.66. The second-order valence-electron chi connectivity index (χ2n) is 7.09. The van der Waals surface area contributed by atoms with Gasteiger partial charge < -0.3 is 19.5 Å². The number of methoxy groups -OCH3 is 3. The Morgan fingerprint density at radius 1 is 1.03 bits per heavy atom. The summed E-state index contributed by atoms with van der Waals surface area (Å²) >= 11 is 1.63. The zero-order valence-electron chi connectivity index (χ0n) is 18.8. The lowest BCUT2D eigenvalue weighted by Gasteiger charge is -2.10. The average Bonchev–Trinajstić information content (AvgIpc) is 3.28. The maximum atomic E-state index is 12.4. The Kier molecular flexibility index (Phi) is 8.79. The van der Waals surface area contributed by atoms with E-state index in [0.29, 0.717) is 30.1 Å². The average molecular weight is 470 g/mol. The van der Waals surface area contributed by atoms with E-state index < -0.39 is 11.8 Å². The number of nitrogens with one attached hydrogen (secondary N) is 2. The maximum absolute atomic E-state index is 12.4. The van der Waals surface area contributed by atoms with Gasteiger partial charge in [0.25, 0.3) is 11.8 Å². The molecule has 0 saturated carbocycles. The first-order valence-electron chi connectivity index (χ1n) is 10.4. The number of amides is 2. The first kappa shape index (κ1) is 24.2. The molecule has 0 aliphatic rings. The van der Waals surface area contributed by atoms with Crippen LogP contribution in [0.2, 0.25) is 0 Å². The third kappa shape index (κ3) is 6.30. The molecular weight excluding hydrogens is 442 g/mol. The molecule has 0 aliphatic heterocycles. The molecule has 0 bridgehead atoms. The van der Waals surface area contributed by atoms with Crippen LogP contribution in [0.3, 0.4) is 0 Å². The molecule has 33 heavy (non-hydrogen) atoms. The lowest BCUT2D eigenvalue weighted by atomic mass is 10.1. The van der Waals surface area contributed by atoms with Crippen molar-refractivity contribution in [2.45, 2.75) is 12.8 Å². The molecule has 0 unspecified atom stereocenters. The number of benzene rings is 2. The van der Waals surface area contributed by atoms with Crippen molar-refractivity contribution in [2.24, 2.45) is 5.10 Å². The predicted octanol–water partition coefficient (Wildman–Crippen LogP) is 3.60. The highest BCUT2D eigenvalue weighted by Crippen LogP contribution is 2.28. The van der Waals surface area contributed by atoms with E-state index in [2.05, 4.69) is 21.9 Å². The Hall–Kier alpha value is -3.43. The highest BCUT2D eigenvalue weighted by molar-refractivity contribution is 7.17. The number of ether oxygens (including phenoxy) is 3. The summed E-state index contributed by atoms with van der Waals surface area (Å²) in [6.07, 6.45) is 1.41.